The summed E-state index contributed by atoms with van der Waals surface area (Å²) in [7, 11) is 0. The molecule has 0 fully saturated rings. The van der Waals surface area contributed by atoms with Crippen molar-refractivity contribution < 1.29 is 4.79 Å². The molecule has 0 unspecified atom stereocenters. The summed E-state index contributed by atoms with van der Waals surface area (Å²) in [5, 5.41) is 12.1. The molecule has 1 N–H and O–H groups in total. The van der Waals surface area contributed by atoms with Gasteiger partial charge in [0.05, 0.1) is 0 Å². The Morgan fingerprint density at radius 1 is 1.39 bits per heavy atom. The molecule has 0 radical (unpaired) electrons. The molecule has 94 valence electrons. The van der Waals surface area contributed by atoms with Gasteiger partial charge in [0.25, 0.3) is 5.91 Å². The summed E-state index contributed by atoms with van der Waals surface area (Å²) >= 11 is 1.40. The van der Waals surface area contributed by atoms with E-state index in [2.05, 4.69) is 34.3 Å². The van der Waals surface area contributed by atoms with Crippen LogP contribution in [-0.4, -0.2) is 21.1 Å². The smallest absolute Gasteiger partial charge is 0.276 e. The predicted molar refractivity (Wildman–Crippen MR) is 70.6 cm³/mol. The second-order valence-corrected chi connectivity index (χ2v) is 5.33. The predicted octanol–water partition coefficient (Wildman–Crippen LogP) is 2.38. The molecule has 6 heteroatoms. The molecule has 2 aromatic heterocycles. The number of nitrogens with zero attached hydrogens (tertiary/aromatic N) is 3. The van der Waals surface area contributed by atoms with Gasteiger partial charge >= 0.3 is 0 Å². The van der Waals surface area contributed by atoms with Crippen molar-refractivity contribution >= 4 is 22.4 Å². The molecule has 18 heavy (non-hydrogen) atoms. The molecule has 0 atom stereocenters. The molecule has 2 aromatic rings. The molecule has 1 amide bonds. The number of carbonyl (C=O) groups excluding carboxylic acids is 1. The molecule has 5 nitrogen and oxygen atoms in total. The van der Waals surface area contributed by atoms with Gasteiger partial charge in [0.15, 0.2) is 0 Å². The summed E-state index contributed by atoms with van der Waals surface area (Å²) in [4.78, 5) is 15.8. The minimum absolute atomic E-state index is 0.261. The van der Waals surface area contributed by atoms with Crippen molar-refractivity contribution in [1.29, 1.82) is 0 Å². The van der Waals surface area contributed by atoms with Crippen LogP contribution in [0.2, 0.25) is 0 Å². The van der Waals surface area contributed by atoms with Crippen LogP contribution in [0, 0.1) is 5.92 Å². The summed E-state index contributed by atoms with van der Waals surface area (Å²) in [5.41, 5.74) is 0.373. The van der Waals surface area contributed by atoms with Gasteiger partial charge in [-0.2, -0.15) is 0 Å². The lowest BCUT2D eigenvalue weighted by Gasteiger charge is -1.99. The summed E-state index contributed by atoms with van der Waals surface area (Å²) in [6.07, 6.45) is 2.45. The largest absolute Gasteiger partial charge is 0.295 e. The lowest BCUT2D eigenvalue weighted by molar-refractivity contribution is 0.102. The highest BCUT2D eigenvalue weighted by Crippen LogP contribution is 2.18. The zero-order valence-corrected chi connectivity index (χ0v) is 11.1. The van der Waals surface area contributed by atoms with E-state index >= 15 is 0 Å². The van der Waals surface area contributed by atoms with Gasteiger partial charge in [0, 0.05) is 12.6 Å². The van der Waals surface area contributed by atoms with Crippen LogP contribution in [0.1, 0.15) is 29.3 Å². The van der Waals surface area contributed by atoms with Crippen molar-refractivity contribution in [1.82, 2.24) is 15.2 Å². The highest BCUT2D eigenvalue weighted by Gasteiger charge is 2.11. The van der Waals surface area contributed by atoms with Crippen LogP contribution in [0.5, 0.6) is 0 Å². The fraction of sp³-hybridized carbons (Fsp3) is 0.333. The van der Waals surface area contributed by atoms with Gasteiger partial charge in [-0.15, -0.1) is 10.2 Å². The van der Waals surface area contributed by atoms with Crippen LogP contribution in [0.15, 0.2) is 24.4 Å². The second kappa shape index (κ2) is 5.68. The van der Waals surface area contributed by atoms with Crippen LogP contribution < -0.4 is 5.32 Å². The van der Waals surface area contributed by atoms with Gasteiger partial charge in [-0.25, -0.2) is 0 Å². The number of rotatable bonds is 4. The van der Waals surface area contributed by atoms with Gasteiger partial charge in [0.1, 0.15) is 10.7 Å². The molecule has 0 aliphatic rings. The Balaban J connectivity index is 2.01. The van der Waals surface area contributed by atoms with Gasteiger partial charge in [-0.05, 0) is 18.1 Å². The van der Waals surface area contributed by atoms with Crippen molar-refractivity contribution in [2.45, 2.75) is 20.3 Å². The van der Waals surface area contributed by atoms with Gasteiger partial charge < -0.3 is 0 Å². The van der Waals surface area contributed by atoms with E-state index in [-0.39, 0.29) is 5.91 Å². The number of aromatic nitrogens is 3. The van der Waals surface area contributed by atoms with E-state index in [1.165, 1.54) is 11.3 Å². The monoisotopic (exact) mass is 262 g/mol. The second-order valence-electron chi connectivity index (χ2n) is 4.27. The molecule has 2 heterocycles. The van der Waals surface area contributed by atoms with Crippen molar-refractivity contribution in [3.63, 3.8) is 0 Å². The van der Waals surface area contributed by atoms with Crippen LogP contribution in [-0.2, 0) is 6.42 Å². The number of anilines is 1. The average Bonchev–Trinajstić information content (AvgIpc) is 2.76. The molecular weight excluding hydrogens is 248 g/mol. The number of amides is 1. The lowest BCUT2D eigenvalue weighted by Crippen LogP contribution is -2.13. The molecule has 0 aliphatic carbocycles. The van der Waals surface area contributed by atoms with Crippen LogP contribution >= 0.6 is 11.3 Å². The SMILES string of the molecule is CC(C)Cc1nnc(NC(=O)c2ccccn2)s1. The third-order valence-corrected chi connectivity index (χ3v) is 3.03. The maximum Gasteiger partial charge on any atom is 0.276 e. The van der Waals surface area contributed by atoms with E-state index in [1.807, 2.05) is 0 Å². The summed E-state index contributed by atoms with van der Waals surface area (Å²) in [6.45, 7) is 4.24. The third-order valence-electron chi connectivity index (χ3n) is 2.17. The molecule has 0 bridgehead atoms. The summed E-state index contributed by atoms with van der Waals surface area (Å²) in [5.74, 6) is 0.264. The van der Waals surface area contributed by atoms with Crippen LogP contribution in [0.4, 0.5) is 5.13 Å². The quantitative estimate of drug-likeness (QED) is 0.918. The minimum Gasteiger partial charge on any atom is -0.295 e. The Kier molecular flexibility index (Phi) is 3.99. The first kappa shape index (κ1) is 12.6. The Hall–Kier alpha value is -1.82. The first-order valence-corrected chi connectivity index (χ1v) is 6.51. The number of hydrogen-bond acceptors (Lipinski definition) is 5. The topological polar surface area (TPSA) is 67.8 Å². The Bertz CT molecular complexity index is 524. The van der Waals surface area contributed by atoms with Gasteiger partial charge in [-0.1, -0.05) is 31.3 Å². The highest BCUT2D eigenvalue weighted by molar-refractivity contribution is 7.15. The van der Waals surface area contributed by atoms with E-state index in [4.69, 9.17) is 0 Å². The van der Waals surface area contributed by atoms with Crippen molar-refractivity contribution in [2.24, 2.45) is 5.92 Å². The van der Waals surface area contributed by atoms with Crippen molar-refractivity contribution in [3.05, 3.63) is 35.1 Å². The number of carbonyl (C=O) groups is 1. The lowest BCUT2D eigenvalue weighted by atomic mass is 10.1. The maximum atomic E-state index is 11.8. The summed E-state index contributed by atoms with van der Waals surface area (Å²) < 4.78 is 0. The molecule has 0 saturated heterocycles. The Morgan fingerprint density at radius 2 is 2.22 bits per heavy atom. The molecular formula is C12H14N4OS. The number of hydrogen-bond donors (Lipinski definition) is 1. The molecule has 0 aliphatic heterocycles. The van der Waals surface area contributed by atoms with Crippen LogP contribution in [0.3, 0.4) is 0 Å². The minimum atomic E-state index is -0.261. The van der Waals surface area contributed by atoms with E-state index < -0.39 is 0 Å². The van der Waals surface area contributed by atoms with E-state index in [0.717, 1.165) is 11.4 Å². The molecule has 0 aromatic carbocycles. The first-order chi connectivity index (χ1) is 8.65. The Morgan fingerprint density at radius 3 is 2.89 bits per heavy atom. The fourth-order valence-corrected chi connectivity index (χ4v) is 2.34. The van der Waals surface area contributed by atoms with E-state index in [0.29, 0.717) is 16.7 Å². The molecule has 0 saturated carbocycles. The summed E-state index contributed by atoms with van der Waals surface area (Å²) in [6, 6.07) is 5.19. The zero-order valence-electron chi connectivity index (χ0n) is 10.3. The molecule has 2 rings (SSSR count). The molecule has 0 spiro atoms. The average molecular weight is 262 g/mol. The number of pyridine rings is 1. The first-order valence-electron chi connectivity index (χ1n) is 5.70. The maximum absolute atomic E-state index is 11.8. The normalized spacial score (nSPS) is 10.6. The van der Waals surface area contributed by atoms with E-state index in [1.54, 1.807) is 24.4 Å². The van der Waals surface area contributed by atoms with Gasteiger partial charge in [0.2, 0.25) is 5.13 Å². The van der Waals surface area contributed by atoms with Gasteiger partial charge in [-0.3, -0.25) is 15.1 Å². The third kappa shape index (κ3) is 3.33. The zero-order chi connectivity index (χ0) is 13.0. The van der Waals surface area contributed by atoms with Crippen LogP contribution in [0.25, 0.3) is 0 Å². The highest BCUT2D eigenvalue weighted by atomic mass is 32.1. The van der Waals surface area contributed by atoms with Crippen molar-refractivity contribution in [3.8, 4) is 0 Å². The fourth-order valence-electron chi connectivity index (χ4n) is 1.39. The Labute approximate surface area is 109 Å². The number of nitrogens with one attached hydrogen (secondary N) is 1. The van der Waals surface area contributed by atoms with E-state index in [9.17, 15) is 4.79 Å². The van der Waals surface area contributed by atoms with Crippen molar-refractivity contribution in [2.75, 3.05) is 5.32 Å². The standard InChI is InChI=1S/C12H14N4OS/c1-8(2)7-10-15-16-12(18-10)14-11(17)9-5-3-4-6-13-9/h3-6,8H,7H2,1-2H3,(H,14,16,17).